The number of methoxy groups -OCH3 is 1. The van der Waals surface area contributed by atoms with E-state index in [1.54, 1.807) is 6.07 Å². The van der Waals surface area contributed by atoms with Crippen molar-refractivity contribution in [3.05, 3.63) is 35.1 Å². The van der Waals surface area contributed by atoms with E-state index in [2.05, 4.69) is 9.64 Å². The van der Waals surface area contributed by atoms with Crippen LogP contribution in [0.25, 0.3) is 0 Å². The van der Waals surface area contributed by atoms with Gasteiger partial charge in [-0.2, -0.15) is 0 Å². The van der Waals surface area contributed by atoms with Gasteiger partial charge in [-0.3, -0.25) is 9.69 Å². The molecule has 1 unspecified atom stereocenters. The van der Waals surface area contributed by atoms with Gasteiger partial charge in [0.1, 0.15) is 5.82 Å². The molecule has 1 aliphatic heterocycles. The zero-order valence-electron chi connectivity index (χ0n) is 12.2. The van der Waals surface area contributed by atoms with Gasteiger partial charge in [0.2, 0.25) is 0 Å². The molecule has 1 saturated heterocycles. The SMILES string of the molecule is COC(=O)CC1CN(Cc2ccc(CN)cc2F)CCO1. The molecule has 1 fully saturated rings. The molecule has 0 saturated carbocycles. The molecule has 5 nitrogen and oxygen atoms in total. The number of hydrogen-bond acceptors (Lipinski definition) is 5. The molecule has 1 aliphatic rings. The highest BCUT2D eigenvalue weighted by Gasteiger charge is 2.23. The first-order chi connectivity index (χ1) is 10.1. The summed E-state index contributed by atoms with van der Waals surface area (Å²) < 4.78 is 24.1. The molecule has 21 heavy (non-hydrogen) atoms. The molecule has 1 heterocycles. The number of carbonyl (C=O) groups excluding carboxylic acids is 1. The van der Waals surface area contributed by atoms with Crippen molar-refractivity contribution < 1.29 is 18.7 Å². The van der Waals surface area contributed by atoms with Crippen molar-refractivity contribution >= 4 is 5.97 Å². The molecule has 0 bridgehead atoms. The Morgan fingerprint density at radius 1 is 1.57 bits per heavy atom. The summed E-state index contributed by atoms with van der Waals surface area (Å²) in [7, 11) is 1.36. The Labute approximate surface area is 123 Å². The summed E-state index contributed by atoms with van der Waals surface area (Å²) in [6.45, 7) is 2.67. The highest BCUT2D eigenvalue weighted by atomic mass is 19.1. The number of halogens is 1. The van der Waals surface area contributed by atoms with Gasteiger partial charge in [0.05, 0.1) is 26.2 Å². The number of rotatable bonds is 5. The van der Waals surface area contributed by atoms with Crippen molar-refractivity contribution in [3.8, 4) is 0 Å². The van der Waals surface area contributed by atoms with Gasteiger partial charge in [0.15, 0.2) is 0 Å². The zero-order chi connectivity index (χ0) is 15.2. The van der Waals surface area contributed by atoms with Gasteiger partial charge in [-0.1, -0.05) is 12.1 Å². The first-order valence-electron chi connectivity index (χ1n) is 7.00. The molecular weight excluding hydrogens is 275 g/mol. The molecule has 0 radical (unpaired) electrons. The van der Waals surface area contributed by atoms with E-state index < -0.39 is 0 Å². The monoisotopic (exact) mass is 296 g/mol. The Morgan fingerprint density at radius 2 is 2.38 bits per heavy atom. The molecule has 2 N–H and O–H groups in total. The van der Waals surface area contributed by atoms with E-state index in [0.29, 0.717) is 31.8 Å². The minimum atomic E-state index is -0.291. The van der Waals surface area contributed by atoms with Crippen LogP contribution in [0.15, 0.2) is 18.2 Å². The topological polar surface area (TPSA) is 64.8 Å². The molecule has 0 amide bonds. The molecule has 1 aromatic carbocycles. The van der Waals surface area contributed by atoms with Crippen LogP contribution in [0.5, 0.6) is 0 Å². The first-order valence-corrected chi connectivity index (χ1v) is 7.00. The fourth-order valence-corrected chi connectivity index (χ4v) is 2.40. The molecule has 0 aromatic heterocycles. The summed E-state index contributed by atoms with van der Waals surface area (Å²) in [6.07, 6.45) is 0.0271. The van der Waals surface area contributed by atoms with Crippen LogP contribution in [0, 0.1) is 5.82 Å². The van der Waals surface area contributed by atoms with Crippen molar-refractivity contribution in [3.63, 3.8) is 0 Å². The summed E-state index contributed by atoms with van der Waals surface area (Å²) in [4.78, 5) is 13.4. The average Bonchev–Trinajstić information content (AvgIpc) is 2.49. The Kier molecular flexibility index (Phi) is 5.67. The van der Waals surface area contributed by atoms with E-state index in [1.807, 2.05) is 6.07 Å². The zero-order valence-corrected chi connectivity index (χ0v) is 12.2. The lowest BCUT2D eigenvalue weighted by Gasteiger charge is -2.32. The second-order valence-corrected chi connectivity index (χ2v) is 5.14. The van der Waals surface area contributed by atoms with Gasteiger partial charge in [-0.25, -0.2) is 4.39 Å². The second kappa shape index (κ2) is 7.49. The molecular formula is C15H21FN2O3. The van der Waals surface area contributed by atoms with Crippen molar-refractivity contribution in [2.45, 2.75) is 25.6 Å². The van der Waals surface area contributed by atoms with Crippen LogP contribution >= 0.6 is 0 Å². The van der Waals surface area contributed by atoms with Crippen LogP contribution in [0.3, 0.4) is 0 Å². The summed E-state index contributed by atoms with van der Waals surface area (Å²) in [5.41, 5.74) is 6.90. The third kappa shape index (κ3) is 4.49. The molecule has 0 aliphatic carbocycles. The average molecular weight is 296 g/mol. The van der Waals surface area contributed by atoms with Gasteiger partial charge < -0.3 is 15.2 Å². The predicted octanol–water partition coefficient (Wildman–Crippen LogP) is 1.05. The van der Waals surface area contributed by atoms with E-state index >= 15 is 0 Å². The minimum Gasteiger partial charge on any atom is -0.469 e. The highest BCUT2D eigenvalue weighted by molar-refractivity contribution is 5.69. The van der Waals surface area contributed by atoms with Crippen LogP contribution in [0.4, 0.5) is 4.39 Å². The maximum Gasteiger partial charge on any atom is 0.308 e. The normalized spacial score (nSPS) is 19.5. The van der Waals surface area contributed by atoms with Gasteiger partial charge in [-0.15, -0.1) is 0 Å². The van der Waals surface area contributed by atoms with Crippen LogP contribution < -0.4 is 5.73 Å². The Bertz CT molecular complexity index is 496. The van der Waals surface area contributed by atoms with Crippen LogP contribution in [-0.4, -0.2) is 43.8 Å². The van der Waals surface area contributed by atoms with Gasteiger partial charge in [-0.05, 0) is 11.6 Å². The largest absolute Gasteiger partial charge is 0.469 e. The smallest absolute Gasteiger partial charge is 0.308 e. The second-order valence-electron chi connectivity index (χ2n) is 5.14. The maximum absolute atomic E-state index is 14.0. The standard InChI is InChI=1S/C15H21FN2O3/c1-20-15(19)7-13-10-18(4-5-21-13)9-12-3-2-11(8-17)6-14(12)16/h2-3,6,13H,4-5,7-10,17H2,1H3. The lowest BCUT2D eigenvalue weighted by molar-refractivity contribution is -0.145. The fourth-order valence-electron chi connectivity index (χ4n) is 2.40. The number of hydrogen-bond donors (Lipinski definition) is 1. The quantitative estimate of drug-likeness (QED) is 0.823. The van der Waals surface area contributed by atoms with E-state index in [-0.39, 0.29) is 24.3 Å². The molecule has 1 atom stereocenters. The molecule has 1 aromatic rings. The van der Waals surface area contributed by atoms with E-state index in [4.69, 9.17) is 10.5 Å². The van der Waals surface area contributed by atoms with Crippen molar-refractivity contribution in [1.29, 1.82) is 0 Å². The lowest BCUT2D eigenvalue weighted by atomic mass is 10.1. The predicted molar refractivity (Wildman–Crippen MR) is 75.9 cm³/mol. The van der Waals surface area contributed by atoms with Crippen molar-refractivity contribution in [1.82, 2.24) is 4.90 Å². The number of esters is 1. The maximum atomic E-state index is 14.0. The van der Waals surface area contributed by atoms with Gasteiger partial charge in [0.25, 0.3) is 0 Å². The number of nitrogens with zero attached hydrogens (tertiary/aromatic N) is 1. The third-order valence-corrected chi connectivity index (χ3v) is 3.59. The number of nitrogens with two attached hydrogens (primary N) is 1. The fraction of sp³-hybridized carbons (Fsp3) is 0.533. The van der Waals surface area contributed by atoms with Crippen LogP contribution in [-0.2, 0) is 27.4 Å². The molecule has 0 spiro atoms. The number of carbonyl (C=O) groups is 1. The minimum absolute atomic E-state index is 0.197. The summed E-state index contributed by atoms with van der Waals surface area (Å²) in [5, 5.41) is 0. The van der Waals surface area contributed by atoms with Gasteiger partial charge >= 0.3 is 5.97 Å². The Hall–Kier alpha value is -1.50. The third-order valence-electron chi connectivity index (χ3n) is 3.59. The lowest BCUT2D eigenvalue weighted by Crippen LogP contribution is -2.43. The number of morpholine rings is 1. The molecule has 6 heteroatoms. The number of ether oxygens (including phenoxy) is 2. The number of benzene rings is 1. The van der Waals surface area contributed by atoms with E-state index in [0.717, 1.165) is 12.1 Å². The molecule has 2 rings (SSSR count). The summed E-state index contributed by atoms with van der Waals surface area (Å²) in [6, 6.07) is 5.08. The Morgan fingerprint density at radius 3 is 3.05 bits per heavy atom. The highest BCUT2D eigenvalue weighted by Crippen LogP contribution is 2.16. The van der Waals surface area contributed by atoms with E-state index in [9.17, 15) is 9.18 Å². The van der Waals surface area contributed by atoms with Crippen LogP contribution in [0.2, 0.25) is 0 Å². The van der Waals surface area contributed by atoms with Crippen LogP contribution in [0.1, 0.15) is 17.5 Å². The Balaban J connectivity index is 1.94. The van der Waals surface area contributed by atoms with Crippen molar-refractivity contribution in [2.75, 3.05) is 26.8 Å². The first kappa shape index (κ1) is 15.9. The van der Waals surface area contributed by atoms with Gasteiger partial charge in [0, 0.05) is 31.7 Å². The van der Waals surface area contributed by atoms with E-state index in [1.165, 1.54) is 13.2 Å². The molecule has 116 valence electrons. The summed E-state index contributed by atoms with van der Waals surface area (Å²) >= 11 is 0. The summed E-state index contributed by atoms with van der Waals surface area (Å²) in [5.74, 6) is -0.533. The van der Waals surface area contributed by atoms with Crippen molar-refractivity contribution in [2.24, 2.45) is 5.73 Å².